The van der Waals surface area contributed by atoms with Crippen LogP contribution in [0.2, 0.25) is 0 Å². The summed E-state index contributed by atoms with van der Waals surface area (Å²) >= 11 is 0. The summed E-state index contributed by atoms with van der Waals surface area (Å²) in [5.41, 5.74) is 2.28. The van der Waals surface area contributed by atoms with E-state index >= 15 is 0 Å². The molecule has 4 heteroatoms. The van der Waals surface area contributed by atoms with Crippen molar-refractivity contribution in [1.29, 1.82) is 0 Å². The van der Waals surface area contributed by atoms with E-state index in [2.05, 4.69) is 0 Å². The van der Waals surface area contributed by atoms with Crippen LogP contribution in [0, 0.1) is 6.92 Å². The summed E-state index contributed by atoms with van der Waals surface area (Å²) in [4.78, 5) is 14.1. The van der Waals surface area contributed by atoms with Gasteiger partial charge in [0.1, 0.15) is 0 Å². The first-order chi connectivity index (χ1) is 10.7. The Morgan fingerprint density at radius 3 is 2.45 bits per heavy atom. The second-order valence-electron chi connectivity index (χ2n) is 5.39. The summed E-state index contributed by atoms with van der Waals surface area (Å²) in [6, 6.07) is 13.9. The Kier molecular flexibility index (Phi) is 6.10. The largest absolute Gasteiger partial charge is 0.395 e. The molecule has 116 valence electrons. The zero-order chi connectivity index (χ0) is 15.8. The van der Waals surface area contributed by atoms with Crippen LogP contribution in [0.3, 0.4) is 0 Å². The van der Waals surface area contributed by atoms with E-state index in [1.807, 2.05) is 66.3 Å². The van der Waals surface area contributed by atoms with Gasteiger partial charge >= 0.3 is 0 Å². The van der Waals surface area contributed by atoms with Crippen LogP contribution < -0.4 is 4.57 Å². The highest BCUT2D eigenvalue weighted by atomic mass is 16.3. The molecule has 22 heavy (non-hydrogen) atoms. The number of aliphatic hydroxyl groups is 1. The molecule has 1 N–H and O–H groups in total. The maximum atomic E-state index is 12.4. The Labute approximate surface area is 131 Å². The summed E-state index contributed by atoms with van der Waals surface area (Å²) in [6.45, 7) is 3.58. The van der Waals surface area contributed by atoms with Crippen molar-refractivity contribution in [1.82, 2.24) is 4.90 Å². The molecule has 0 bridgehead atoms. The summed E-state index contributed by atoms with van der Waals surface area (Å²) in [6.07, 6.45) is 4.40. The highest BCUT2D eigenvalue weighted by Crippen LogP contribution is 2.06. The van der Waals surface area contributed by atoms with Crippen molar-refractivity contribution in [3.63, 3.8) is 0 Å². The first kappa shape index (κ1) is 16.2. The molecule has 0 aliphatic heterocycles. The Bertz CT molecular complexity index is 582. The van der Waals surface area contributed by atoms with E-state index < -0.39 is 0 Å². The number of carbonyl (C=O) groups excluding carboxylic acids is 1. The van der Waals surface area contributed by atoms with Gasteiger partial charge in [-0.2, -0.15) is 0 Å². The van der Waals surface area contributed by atoms with Crippen molar-refractivity contribution < 1.29 is 14.5 Å². The van der Waals surface area contributed by atoms with Crippen LogP contribution in [0.15, 0.2) is 54.9 Å². The first-order valence-electron chi connectivity index (χ1n) is 7.57. The van der Waals surface area contributed by atoms with E-state index in [9.17, 15) is 9.90 Å². The molecule has 1 aromatic heterocycles. The van der Waals surface area contributed by atoms with E-state index in [0.717, 1.165) is 5.56 Å². The number of aryl methyl sites for hydroxylation is 2. The first-order valence-corrected chi connectivity index (χ1v) is 7.57. The van der Waals surface area contributed by atoms with Crippen molar-refractivity contribution >= 4 is 5.91 Å². The predicted molar refractivity (Wildman–Crippen MR) is 84.9 cm³/mol. The smallest absolute Gasteiger partial charge is 0.229 e. The lowest BCUT2D eigenvalue weighted by Gasteiger charge is -2.21. The number of aliphatic hydroxyl groups excluding tert-OH is 1. The lowest BCUT2D eigenvalue weighted by Crippen LogP contribution is -2.39. The van der Waals surface area contributed by atoms with Crippen LogP contribution >= 0.6 is 0 Å². The van der Waals surface area contributed by atoms with Gasteiger partial charge in [-0.25, -0.2) is 4.57 Å². The number of aromatic nitrogens is 1. The van der Waals surface area contributed by atoms with Crippen LogP contribution in [-0.4, -0.2) is 29.1 Å². The van der Waals surface area contributed by atoms with Crippen LogP contribution in [0.25, 0.3) is 0 Å². The molecule has 0 spiro atoms. The number of amides is 1. The normalized spacial score (nSPS) is 10.5. The number of hydrogen-bond donors (Lipinski definition) is 1. The van der Waals surface area contributed by atoms with E-state index in [0.29, 0.717) is 26.1 Å². The molecule has 0 unspecified atom stereocenters. The molecule has 0 aliphatic carbocycles. The molecule has 2 rings (SSSR count). The van der Waals surface area contributed by atoms with Crippen LogP contribution in [0.4, 0.5) is 0 Å². The highest BCUT2D eigenvalue weighted by Gasteiger charge is 2.15. The van der Waals surface area contributed by atoms with E-state index in [1.54, 1.807) is 4.90 Å². The lowest BCUT2D eigenvalue weighted by molar-refractivity contribution is -0.696. The second kappa shape index (κ2) is 8.29. The monoisotopic (exact) mass is 299 g/mol. The summed E-state index contributed by atoms with van der Waals surface area (Å²) < 4.78 is 2.00. The molecule has 1 amide bonds. The molecule has 0 fully saturated rings. The third-order valence-electron chi connectivity index (χ3n) is 3.58. The Hall–Kier alpha value is -2.20. The number of hydrogen-bond acceptors (Lipinski definition) is 2. The minimum Gasteiger partial charge on any atom is -0.395 e. The topological polar surface area (TPSA) is 44.4 Å². The van der Waals surface area contributed by atoms with Gasteiger partial charge in [-0.05, 0) is 18.1 Å². The number of pyridine rings is 1. The SMILES string of the molecule is Cc1cc[n+](CCC(=O)N(CCO)Cc2ccccc2)cc1. The van der Waals surface area contributed by atoms with Crippen LogP contribution in [-0.2, 0) is 17.9 Å². The molecule has 0 saturated carbocycles. The summed E-state index contributed by atoms with van der Waals surface area (Å²) in [5.74, 6) is 0.0611. The van der Waals surface area contributed by atoms with Crippen LogP contribution in [0.1, 0.15) is 17.5 Å². The van der Waals surface area contributed by atoms with Crippen molar-refractivity contribution in [3.05, 3.63) is 66.0 Å². The summed E-state index contributed by atoms with van der Waals surface area (Å²) in [5, 5.41) is 9.18. The number of carbonyl (C=O) groups is 1. The Balaban J connectivity index is 1.93. The molecule has 0 radical (unpaired) electrons. The van der Waals surface area contributed by atoms with Gasteiger partial charge in [0.25, 0.3) is 0 Å². The average Bonchev–Trinajstić information content (AvgIpc) is 2.54. The van der Waals surface area contributed by atoms with Gasteiger partial charge in [-0.15, -0.1) is 0 Å². The lowest BCUT2D eigenvalue weighted by atomic mass is 10.2. The quantitative estimate of drug-likeness (QED) is 0.791. The second-order valence-corrected chi connectivity index (χ2v) is 5.39. The third-order valence-corrected chi connectivity index (χ3v) is 3.58. The fraction of sp³-hybridized carbons (Fsp3) is 0.333. The Morgan fingerprint density at radius 1 is 1.14 bits per heavy atom. The minimum atomic E-state index is -0.0176. The van der Waals surface area contributed by atoms with Gasteiger partial charge in [-0.3, -0.25) is 4.79 Å². The molecule has 0 aliphatic rings. The van der Waals surface area contributed by atoms with Gasteiger partial charge in [0.05, 0.1) is 13.0 Å². The standard InChI is InChI=1S/C18H23N2O2/c1-16-7-10-19(11-8-16)12-9-18(22)20(13-14-21)15-17-5-3-2-4-6-17/h2-8,10-11,21H,9,12-15H2,1H3/q+1. The molecule has 1 heterocycles. The van der Waals surface area contributed by atoms with Gasteiger partial charge in [-0.1, -0.05) is 30.3 Å². The maximum absolute atomic E-state index is 12.4. The van der Waals surface area contributed by atoms with Crippen molar-refractivity contribution in [2.75, 3.05) is 13.2 Å². The molecule has 2 aromatic rings. The molecule has 1 aromatic carbocycles. The van der Waals surface area contributed by atoms with E-state index in [-0.39, 0.29) is 12.5 Å². The van der Waals surface area contributed by atoms with Crippen molar-refractivity contribution in [2.45, 2.75) is 26.4 Å². The minimum absolute atomic E-state index is 0.0176. The molecule has 0 saturated heterocycles. The summed E-state index contributed by atoms with van der Waals surface area (Å²) in [7, 11) is 0. The van der Waals surface area contributed by atoms with Gasteiger partial charge in [0.2, 0.25) is 5.91 Å². The number of nitrogens with zero attached hydrogens (tertiary/aromatic N) is 2. The predicted octanol–water partition coefficient (Wildman–Crippen LogP) is 1.69. The average molecular weight is 299 g/mol. The zero-order valence-electron chi connectivity index (χ0n) is 13.0. The van der Waals surface area contributed by atoms with Crippen molar-refractivity contribution in [3.8, 4) is 0 Å². The maximum Gasteiger partial charge on any atom is 0.229 e. The van der Waals surface area contributed by atoms with Crippen molar-refractivity contribution in [2.24, 2.45) is 0 Å². The fourth-order valence-corrected chi connectivity index (χ4v) is 2.28. The molecular formula is C18H23N2O2+. The van der Waals surface area contributed by atoms with E-state index in [1.165, 1.54) is 5.56 Å². The van der Waals surface area contributed by atoms with Gasteiger partial charge < -0.3 is 10.0 Å². The zero-order valence-corrected chi connectivity index (χ0v) is 13.0. The number of benzene rings is 1. The Morgan fingerprint density at radius 2 is 1.82 bits per heavy atom. The van der Waals surface area contributed by atoms with Gasteiger partial charge in [0, 0.05) is 25.2 Å². The molecule has 4 nitrogen and oxygen atoms in total. The van der Waals surface area contributed by atoms with E-state index in [4.69, 9.17) is 0 Å². The van der Waals surface area contributed by atoms with Crippen LogP contribution in [0.5, 0.6) is 0 Å². The molecule has 0 atom stereocenters. The fourth-order valence-electron chi connectivity index (χ4n) is 2.28. The number of rotatable bonds is 7. The third kappa shape index (κ3) is 4.97. The molecular weight excluding hydrogens is 276 g/mol. The van der Waals surface area contributed by atoms with Gasteiger partial charge in [0.15, 0.2) is 18.9 Å². The highest BCUT2D eigenvalue weighted by molar-refractivity contribution is 5.75.